The van der Waals surface area contributed by atoms with E-state index in [0.717, 1.165) is 27.2 Å². The van der Waals surface area contributed by atoms with E-state index < -0.39 is 57.1 Å². The van der Waals surface area contributed by atoms with Gasteiger partial charge in [0.1, 0.15) is 4.32 Å². The maximum atomic E-state index is 14.2. The van der Waals surface area contributed by atoms with Crippen molar-refractivity contribution in [3.05, 3.63) is 71.8 Å². The molecule has 40 heavy (non-hydrogen) atoms. The largest absolute Gasteiger partial charge is 0.391 e. The van der Waals surface area contributed by atoms with Gasteiger partial charge in [0.2, 0.25) is 11.8 Å². The molecule has 1 saturated carbocycles. The highest BCUT2D eigenvalue weighted by atomic mass is 79.9. The van der Waals surface area contributed by atoms with Gasteiger partial charge in [0, 0.05) is 30.2 Å². The number of carbonyl (C=O) groups is 4. The number of imide groups is 1. The number of nitrogens with zero attached hydrogens (tertiary/aromatic N) is 2. The van der Waals surface area contributed by atoms with Crippen molar-refractivity contribution in [2.45, 2.75) is 49.8 Å². The quantitative estimate of drug-likeness (QED) is 0.381. The Labute approximate surface area is 239 Å². The number of hydrogen-bond acceptors (Lipinski definition) is 7. The van der Waals surface area contributed by atoms with E-state index in [1.807, 2.05) is 74.5 Å². The topological polar surface area (TPSA) is 124 Å². The summed E-state index contributed by atoms with van der Waals surface area (Å²) in [6.45, 7) is 3.40. The van der Waals surface area contributed by atoms with Crippen molar-refractivity contribution >= 4 is 50.8 Å². The Balaban J connectivity index is 1.39. The lowest BCUT2D eigenvalue weighted by Gasteiger charge is -2.42. The molecule has 2 aromatic rings. The Kier molecular flexibility index (Phi) is 6.10. The van der Waals surface area contributed by atoms with Crippen LogP contribution in [0.4, 0.5) is 0 Å². The Morgan fingerprint density at radius 3 is 2.10 bits per heavy atom. The first kappa shape index (κ1) is 26.9. The molecule has 9 nitrogen and oxygen atoms in total. The number of aliphatic hydroxyl groups is 2. The van der Waals surface area contributed by atoms with Gasteiger partial charge in [0.25, 0.3) is 5.91 Å². The molecular weight excluding hydrogens is 580 g/mol. The summed E-state index contributed by atoms with van der Waals surface area (Å²) >= 11 is 3.73. The molecule has 2 N–H and O–H groups in total. The molecule has 2 bridgehead atoms. The Hall–Kier alpha value is -3.34. The molecule has 0 radical (unpaired) electrons. The maximum absolute atomic E-state index is 14.2. The monoisotopic (exact) mass is 608 g/mol. The van der Waals surface area contributed by atoms with E-state index >= 15 is 0 Å². The molecule has 3 fully saturated rings. The lowest BCUT2D eigenvalue weighted by Crippen LogP contribution is -2.51. The van der Waals surface area contributed by atoms with Crippen LogP contribution in [-0.4, -0.2) is 67.1 Å². The summed E-state index contributed by atoms with van der Waals surface area (Å²) in [7, 11) is 0. The first-order valence-electron chi connectivity index (χ1n) is 13.3. The van der Waals surface area contributed by atoms with Gasteiger partial charge in [0.05, 0.1) is 18.4 Å². The third kappa shape index (κ3) is 3.27. The highest BCUT2D eigenvalue weighted by Crippen LogP contribution is 2.79. The molecule has 3 amide bonds. The number of carbonyl (C=O) groups excluding carboxylic acids is 4. The fourth-order valence-electron chi connectivity index (χ4n) is 7.46. The summed E-state index contributed by atoms with van der Waals surface area (Å²) < 4.78 is -1.46. The van der Waals surface area contributed by atoms with Crippen molar-refractivity contribution in [3.63, 3.8) is 0 Å². The molecule has 2 aromatic carbocycles. The standard InChI is InChI=1S/C30H29BrN2O7/c1-28-22(17-9-5-3-6-10-17)23(18-11-7-4-8-12-18)29(2,26(28)38)30(31)24(28)25(37)32(27(30)39)16-15-21(36)40-33-19(34)13-14-20(33)35/h3-12,19,24,26,34,38H,13-16H2,1-2H3. The van der Waals surface area contributed by atoms with E-state index in [0.29, 0.717) is 5.06 Å². The van der Waals surface area contributed by atoms with Gasteiger partial charge in [-0.15, -0.1) is 5.06 Å². The molecular formula is C30H29BrN2O7. The number of rotatable bonds is 6. The number of hydrogen-bond donors (Lipinski definition) is 2. The normalized spacial score (nSPS) is 34.7. The summed E-state index contributed by atoms with van der Waals surface area (Å²) in [6, 6.07) is 19.2. The summed E-state index contributed by atoms with van der Waals surface area (Å²) in [5.74, 6) is -3.31. The first-order chi connectivity index (χ1) is 19.0. The zero-order chi connectivity index (χ0) is 28.6. The second kappa shape index (κ2) is 9.09. The summed E-state index contributed by atoms with van der Waals surface area (Å²) in [4.78, 5) is 58.7. The van der Waals surface area contributed by atoms with Crippen molar-refractivity contribution in [1.82, 2.24) is 9.96 Å². The van der Waals surface area contributed by atoms with Crippen LogP contribution in [0, 0.1) is 16.7 Å². The van der Waals surface area contributed by atoms with E-state index in [-0.39, 0.29) is 25.8 Å². The molecule has 2 aliphatic heterocycles. The van der Waals surface area contributed by atoms with Gasteiger partial charge in [0.15, 0.2) is 6.23 Å². The minimum atomic E-state index is -1.46. The van der Waals surface area contributed by atoms with Crippen molar-refractivity contribution in [2.75, 3.05) is 6.54 Å². The van der Waals surface area contributed by atoms with E-state index in [1.54, 1.807) is 0 Å². The smallest absolute Gasteiger partial charge is 0.334 e. The second-order valence-corrected chi connectivity index (χ2v) is 12.5. The van der Waals surface area contributed by atoms with Crippen molar-refractivity contribution < 1.29 is 34.2 Å². The van der Waals surface area contributed by atoms with Crippen LogP contribution in [-0.2, 0) is 24.0 Å². The van der Waals surface area contributed by atoms with Crippen molar-refractivity contribution in [3.8, 4) is 0 Å². The number of halogens is 1. The van der Waals surface area contributed by atoms with Crippen LogP contribution in [0.1, 0.15) is 44.2 Å². The molecule has 2 heterocycles. The predicted octanol–water partition coefficient (Wildman–Crippen LogP) is 2.91. The zero-order valence-electron chi connectivity index (χ0n) is 22.0. The van der Waals surface area contributed by atoms with Crippen LogP contribution in [0.2, 0.25) is 0 Å². The van der Waals surface area contributed by atoms with E-state index in [9.17, 15) is 29.4 Å². The molecule has 6 unspecified atom stereocenters. The highest BCUT2D eigenvalue weighted by molar-refractivity contribution is 9.10. The van der Waals surface area contributed by atoms with E-state index in [2.05, 4.69) is 15.9 Å². The van der Waals surface area contributed by atoms with Gasteiger partial charge >= 0.3 is 5.97 Å². The molecule has 0 aromatic heterocycles. The SMILES string of the molecule is CC12C(c3ccccc3)=C(c3ccccc3)C(C)(C1O)C1(Br)C(=O)N(CCC(=O)ON3C(=O)CCC3O)C(=O)C21. The average molecular weight is 609 g/mol. The molecule has 4 aliphatic rings. The minimum Gasteiger partial charge on any atom is -0.391 e. The number of aliphatic hydroxyl groups excluding tert-OH is 2. The lowest BCUT2D eigenvalue weighted by molar-refractivity contribution is -0.220. The van der Waals surface area contributed by atoms with Gasteiger partial charge in [-0.25, -0.2) is 4.79 Å². The maximum Gasteiger partial charge on any atom is 0.334 e. The van der Waals surface area contributed by atoms with Crippen LogP contribution in [0.5, 0.6) is 0 Å². The highest BCUT2D eigenvalue weighted by Gasteiger charge is 2.85. The van der Waals surface area contributed by atoms with Crippen LogP contribution in [0.15, 0.2) is 60.7 Å². The number of hydroxylamine groups is 2. The van der Waals surface area contributed by atoms with E-state index in [4.69, 9.17) is 4.84 Å². The molecule has 10 heteroatoms. The molecule has 6 atom stereocenters. The zero-order valence-corrected chi connectivity index (χ0v) is 23.6. The molecule has 208 valence electrons. The third-order valence-electron chi connectivity index (χ3n) is 9.24. The predicted molar refractivity (Wildman–Crippen MR) is 147 cm³/mol. The van der Waals surface area contributed by atoms with Crippen molar-refractivity contribution in [2.24, 2.45) is 16.7 Å². The Morgan fingerprint density at radius 2 is 1.55 bits per heavy atom. The number of fused-ring (bicyclic) bond motifs is 5. The molecule has 6 rings (SSSR count). The van der Waals surface area contributed by atoms with Crippen LogP contribution < -0.4 is 0 Å². The minimum absolute atomic E-state index is 0.0608. The van der Waals surface area contributed by atoms with Gasteiger partial charge in [-0.2, -0.15) is 0 Å². The Morgan fingerprint density at radius 1 is 0.975 bits per heavy atom. The summed E-state index contributed by atoms with van der Waals surface area (Å²) in [6.07, 6.45) is -2.41. The average Bonchev–Trinajstić information content (AvgIpc) is 3.48. The first-order valence-corrected chi connectivity index (χ1v) is 14.1. The van der Waals surface area contributed by atoms with Crippen LogP contribution in [0.3, 0.4) is 0 Å². The van der Waals surface area contributed by atoms with Gasteiger partial charge in [-0.3, -0.25) is 19.3 Å². The van der Waals surface area contributed by atoms with Gasteiger partial charge in [-0.05, 0) is 22.3 Å². The van der Waals surface area contributed by atoms with Crippen molar-refractivity contribution in [1.29, 1.82) is 0 Å². The van der Waals surface area contributed by atoms with Crippen LogP contribution >= 0.6 is 15.9 Å². The van der Waals surface area contributed by atoms with Gasteiger partial charge in [-0.1, -0.05) is 90.4 Å². The number of likely N-dealkylation sites (tertiary alicyclic amines) is 1. The van der Waals surface area contributed by atoms with Gasteiger partial charge < -0.3 is 15.1 Å². The molecule has 2 aliphatic carbocycles. The summed E-state index contributed by atoms with van der Waals surface area (Å²) in [5, 5.41) is 22.5. The molecule has 0 spiro atoms. The van der Waals surface area contributed by atoms with E-state index in [1.165, 1.54) is 0 Å². The number of benzene rings is 2. The number of alkyl halides is 1. The summed E-state index contributed by atoms with van der Waals surface area (Å²) in [5.41, 5.74) is 1.01. The second-order valence-electron chi connectivity index (χ2n) is 11.3. The Bertz CT molecular complexity index is 1460. The van der Waals surface area contributed by atoms with Crippen LogP contribution in [0.25, 0.3) is 11.1 Å². The third-order valence-corrected chi connectivity index (χ3v) is 10.9. The fourth-order valence-corrected chi connectivity index (χ4v) is 8.76. The molecule has 2 saturated heterocycles. The number of amides is 3. The fraction of sp³-hybridized carbons (Fsp3) is 0.400. The lowest BCUT2D eigenvalue weighted by atomic mass is 9.63.